The van der Waals surface area contributed by atoms with E-state index in [0.29, 0.717) is 29.2 Å². The Balaban J connectivity index is 1.42. The summed E-state index contributed by atoms with van der Waals surface area (Å²) in [5, 5.41) is 3.38. The molecule has 0 spiro atoms. The van der Waals surface area contributed by atoms with Crippen LogP contribution < -0.4 is 10.2 Å². The molecular formula is C27H21F3N2O3. The third kappa shape index (κ3) is 3.95. The minimum absolute atomic E-state index is 0.138. The standard InChI is InChI=1S/C27H21F3N2O3/c1-27(2)20-8-7-16(25(33)31-13-19-21(29)11-17(28)12-22(19)30)10-23(20)32(26(27)34)14-18-9-15-5-3-4-6-24(15)35-18/h3-12H,13-14H2,1-2H3,(H,31,33). The van der Waals surface area contributed by atoms with Crippen molar-refractivity contribution in [2.75, 3.05) is 4.90 Å². The van der Waals surface area contributed by atoms with Crippen LogP contribution in [0.4, 0.5) is 18.9 Å². The number of anilines is 1. The quantitative estimate of drug-likeness (QED) is 0.406. The number of fused-ring (bicyclic) bond motifs is 2. The Labute approximate surface area is 199 Å². The van der Waals surface area contributed by atoms with Crippen molar-refractivity contribution < 1.29 is 27.2 Å². The summed E-state index contributed by atoms with van der Waals surface area (Å²) in [7, 11) is 0. The van der Waals surface area contributed by atoms with Crippen LogP contribution in [0.15, 0.2) is 65.1 Å². The zero-order valence-corrected chi connectivity index (χ0v) is 19.0. The Morgan fingerprint density at radius 3 is 2.43 bits per heavy atom. The molecule has 2 heterocycles. The van der Waals surface area contributed by atoms with Gasteiger partial charge in [-0.25, -0.2) is 13.2 Å². The smallest absolute Gasteiger partial charge is 0.251 e. The number of rotatable bonds is 5. The van der Waals surface area contributed by atoms with E-state index in [4.69, 9.17) is 4.42 Å². The molecule has 0 saturated carbocycles. The van der Waals surface area contributed by atoms with Gasteiger partial charge in [0.15, 0.2) is 0 Å². The molecule has 5 nitrogen and oxygen atoms in total. The summed E-state index contributed by atoms with van der Waals surface area (Å²) in [6.07, 6.45) is 0. The maximum atomic E-state index is 13.9. The van der Waals surface area contributed by atoms with Gasteiger partial charge in [-0.2, -0.15) is 0 Å². The number of para-hydroxylation sites is 1. The number of hydrogen-bond acceptors (Lipinski definition) is 3. The molecule has 3 aromatic carbocycles. The van der Waals surface area contributed by atoms with Crippen LogP contribution in [-0.4, -0.2) is 11.8 Å². The van der Waals surface area contributed by atoms with E-state index < -0.39 is 40.9 Å². The molecule has 0 unspecified atom stereocenters. The number of benzene rings is 3. The summed E-state index contributed by atoms with van der Waals surface area (Å²) < 4.78 is 46.9. The summed E-state index contributed by atoms with van der Waals surface area (Å²) in [4.78, 5) is 27.6. The molecule has 2 amide bonds. The number of nitrogens with one attached hydrogen (secondary N) is 1. The van der Waals surface area contributed by atoms with E-state index in [9.17, 15) is 22.8 Å². The molecule has 0 bridgehead atoms. The summed E-state index contributed by atoms with van der Waals surface area (Å²) in [5.74, 6) is -3.33. The molecule has 1 N–H and O–H groups in total. The van der Waals surface area contributed by atoms with Gasteiger partial charge in [0.25, 0.3) is 5.91 Å². The van der Waals surface area contributed by atoms with E-state index in [1.165, 1.54) is 0 Å². The van der Waals surface area contributed by atoms with Gasteiger partial charge < -0.3 is 14.6 Å². The topological polar surface area (TPSA) is 62.6 Å². The van der Waals surface area contributed by atoms with Crippen LogP contribution in [0.3, 0.4) is 0 Å². The van der Waals surface area contributed by atoms with Crippen LogP contribution >= 0.6 is 0 Å². The lowest BCUT2D eigenvalue weighted by Gasteiger charge is -2.19. The van der Waals surface area contributed by atoms with Gasteiger partial charge in [0.2, 0.25) is 5.91 Å². The van der Waals surface area contributed by atoms with E-state index in [0.717, 1.165) is 10.9 Å². The predicted molar refractivity (Wildman–Crippen MR) is 124 cm³/mol. The highest BCUT2D eigenvalue weighted by atomic mass is 19.1. The second kappa shape index (κ2) is 8.30. The summed E-state index contributed by atoms with van der Waals surface area (Å²) in [5.41, 5.74) is 0.993. The van der Waals surface area contributed by atoms with Gasteiger partial charge in [-0.3, -0.25) is 9.59 Å². The van der Waals surface area contributed by atoms with Crippen molar-refractivity contribution in [3.63, 3.8) is 0 Å². The molecule has 0 saturated heterocycles. The lowest BCUT2D eigenvalue weighted by molar-refractivity contribution is -0.122. The molecule has 35 heavy (non-hydrogen) atoms. The molecule has 1 aromatic heterocycles. The second-order valence-electron chi connectivity index (χ2n) is 9.03. The first-order valence-corrected chi connectivity index (χ1v) is 11.0. The fourth-order valence-corrected chi connectivity index (χ4v) is 4.43. The maximum Gasteiger partial charge on any atom is 0.251 e. The summed E-state index contributed by atoms with van der Waals surface area (Å²) in [6, 6.07) is 15.4. The Bertz CT molecular complexity index is 1440. The molecule has 178 valence electrons. The van der Waals surface area contributed by atoms with E-state index in [2.05, 4.69) is 5.32 Å². The molecule has 0 fully saturated rings. The number of amides is 2. The highest BCUT2D eigenvalue weighted by molar-refractivity contribution is 6.09. The summed E-state index contributed by atoms with van der Waals surface area (Å²) in [6.45, 7) is 3.35. The van der Waals surface area contributed by atoms with E-state index in [1.807, 2.05) is 44.2 Å². The third-order valence-corrected chi connectivity index (χ3v) is 6.33. The van der Waals surface area contributed by atoms with Crippen LogP contribution in [0.1, 0.15) is 41.1 Å². The lowest BCUT2D eigenvalue weighted by atomic mass is 9.86. The van der Waals surface area contributed by atoms with Crippen molar-refractivity contribution in [2.24, 2.45) is 0 Å². The highest BCUT2D eigenvalue weighted by Gasteiger charge is 2.44. The van der Waals surface area contributed by atoms with Gasteiger partial charge in [-0.1, -0.05) is 24.3 Å². The number of halogens is 3. The van der Waals surface area contributed by atoms with Crippen molar-refractivity contribution >= 4 is 28.5 Å². The van der Waals surface area contributed by atoms with Gasteiger partial charge in [0, 0.05) is 40.9 Å². The van der Waals surface area contributed by atoms with Crippen LogP contribution in [0.2, 0.25) is 0 Å². The zero-order chi connectivity index (χ0) is 24.9. The third-order valence-electron chi connectivity index (χ3n) is 6.33. The number of furan rings is 1. The minimum atomic E-state index is -1.08. The van der Waals surface area contributed by atoms with Gasteiger partial charge in [-0.05, 0) is 43.7 Å². The van der Waals surface area contributed by atoms with Crippen molar-refractivity contribution in [2.45, 2.75) is 32.4 Å². The fourth-order valence-electron chi connectivity index (χ4n) is 4.43. The van der Waals surface area contributed by atoms with Gasteiger partial charge in [0.1, 0.15) is 28.8 Å². The Hall–Kier alpha value is -4.07. The van der Waals surface area contributed by atoms with E-state index >= 15 is 0 Å². The molecule has 1 aliphatic rings. The van der Waals surface area contributed by atoms with Gasteiger partial charge in [-0.15, -0.1) is 0 Å². The number of carbonyl (C=O) groups excluding carboxylic acids is 2. The summed E-state index contributed by atoms with van der Waals surface area (Å²) >= 11 is 0. The Morgan fingerprint density at radius 1 is 1.00 bits per heavy atom. The lowest BCUT2D eigenvalue weighted by Crippen LogP contribution is -2.35. The minimum Gasteiger partial charge on any atom is -0.459 e. The molecule has 8 heteroatoms. The molecule has 4 aromatic rings. The van der Waals surface area contributed by atoms with Gasteiger partial charge >= 0.3 is 0 Å². The Kier molecular flexibility index (Phi) is 5.39. The first-order chi connectivity index (χ1) is 16.6. The average Bonchev–Trinajstić information content (AvgIpc) is 3.30. The van der Waals surface area contributed by atoms with Crippen molar-refractivity contribution in [1.82, 2.24) is 5.32 Å². The van der Waals surface area contributed by atoms with Crippen molar-refractivity contribution in [3.8, 4) is 0 Å². The number of carbonyl (C=O) groups is 2. The van der Waals surface area contributed by atoms with E-state index in [1.54, 1.807) is 23.1 Å². The van der Waals surface area contributed by atoms with E-state index in [-0.39, 0.29) is 18.0 Å². The van der Waals surface area contributed by atoms with Crippen LogP contribution in [-0.2, 0) is 23.3 Å². The molecular weight excluding hydrogens is 457 g/mol. The van der Waals surface area contributed by atoms with Crippen molar-refractivity contribution in [3.05, 3.63) is 101 Å². The van der Waals surface area contributed by atoms with Crippen LogP contribution in [0.5, 0.6) is 0 Å². The monoisotopic (exact) mass is 478 g/mol. The van der Waals surface area contributed by atoms with Crippen LogP contribution in [0.25, 0.3) is 11.0 Å². The van der Waals surface area contributed by atoms with Crippen molar-refractivity contribution in [1.29, 1.82) is 0 Å². The number of nitrogens with zero attached hydrogens (tertiary/aromatic N) is 1. The number of hydrogen-bond donors (Lipinski definition) is 1. The Morgan fingerprint density at radius 2 is 1.71 bits per heavy atom. The average molecular weight is 478 g/mol. The van der Waals surface area contributed by atoms with Gasteiger partial charge in [0.05, 0.1) is 12.0 Å². The predicted octanol–water partition coefficient (Wildman–Crippen LogP) is 5.60. The zero-order valence-electron chi connectivity index (χ0n) is 19.0. The normalized spacial score (nSPS) is 14.4. The first kappa shape index (κ1) is 22.7. The fraction of sp³-hybridized carbons (Fsp3) is 0.185. The molecule has 1 aliphatic heterocycles. The molecule has 0 aliphatic carbocycles. The SMILES string of the molecule is CC1(C)C(=O)N(Cc2cc3ccccc3o2)c2cc(C(=O)NCc3c(F)cc(F)cc3F)ccc21. The second-order valence-corrected chi connectivity index (χ2v) is 9.03. The first-order valence-electron chi connectivity index (χ1n) is 11.0. The largest absolute Gasteiger partial charge is 0.459 e. The highest BCUT2D eigenvalue weighted by Crippen LogP contribution is 2.43. The molecule has 5 rings (SSSR count). The molecule has 0 atom stereocenters. The molecule has 0 radical (unpaired) electrons. The van der Waals surface area contributed by atoms with Crippen LogP contribution in [0, 0.1) is 17.5 Å². The maximum absolute atomic E-state index is 13.9.